The van der Waals surface area contributed by atoms with Gasteiger partial charge in [-0.2, -0.15) is 0 Å². The van der Waals surface area contributed by atoms with Crippen molar-refractivity contribution >= 4 is 23.5 Å². The number of allylic oxidation sites excluding steroid dienone is 15. The summed E-state index contributed by atoms with van der Waals surface area (Å²) in [4.78, 5) is 4.65. The number of hydrogen-bond donors (Lipinski definition) is 0. The largest absolute Gasteiger partial charge is 0.311 e. The standard InChI is InChI=1S/C54H64N2/c1-12-19-21-26-45(18-7)56(47(24-16-5)33-27-41(8)9)49-36-38-51-50-37-32-43(39-52(50)54(10,11)53(51)40-49)29-28-42-30-34-48(35-31-42)55(44(17-6)22-14-3)46(23-15-4)25-20-13-2/h13-26,28-41H,7,12,27H2,1-6,8-11H3/b20-13-,21-19-,22-14-,23-15-,24-16-,29-28+,44-17+,45-26+,46-25+,47-33+. The van der Waals surface area contributed by atoms with Crippen LogP contribution in [-0.2, 0) is 5.41 Å². The van der Waals surface area contributed by atoms with Gasteiger partial charge in [0, 0.05) is 39.6 Å². The van der Waals surface area contributed by atoms with Crippen molar-refractivity contribution in [3.05, 3.63) is 203 Å². The molecule has 290 valence electrons. The zero-order chi connectivity index (χ0) is 40.7. The highest BCUT2D eigenvalue weighted by Crippen LogP contribution is 2.50. The number of nitrogens with zero attached hydrogens (tertiary/aromatic N) is 2. The fourth-order valence-corrected chi connectivity index (χ4v) is 7.15. The third-order valence-electron chi connectivity index (χ3n) is 10.0. The second kappa shape index (κ2) is 20.9. The van der Waals surface area contributed by atoms with Gasteiger partial charge in [0.1, 0.15) is 0 Å². The molecule has 0 radical (unpaired) electrons. The molecule has 56 heavy (non-hydrogen) atoms. The van der Waals surface area contributed by atoms with Crippen LogP contribution < -0.4 is 9.80 Å². The van der Waals surface area contributed by atoms with E-state index in [9.17, 15) is 0 Å². The van der Waals surface area contributed by atoms with Crippen LogP contribution >= 0.6 is 0 Å². The van der Waals surface area contributed by atoms with Gasteiger partial charge < -0.3 is 9.80 Å². The average molecular weight is 741 g/mol. The van der Waals surface area contributed by atoms with Crippen molar-refractivity contribution in [3.8, 4) is 11.1 Å². The Morgan fingerprint density at radius 2 is 1.20 bits per heavy atom. The molecule has 0 bridgehead atoms. The molecule has 3 aromatic carbocycles. The van der Waals surface area contributed by atoms with Crippen LogP contribution in [-0.4, -0.2) is 0 Å². The molecule has 0 saturated heterocycles. The van der Waals surface area contributed by atoms with E-state index >= 15 is 0 Å². The molecule has 2 nitrogen and oxygen atoms in total. The molecular weight excluding hydrogens is 677 g/mol. The first-order valence-electron chi connectivity index (χ1n) is 20.3. The molecule has 0 N–H and O–H groups in total. The molecule has 0 spiro atoms. The quantitative estimate of drug-likeness (QED) is 0.100. The number of anilines is 2. The van der Waals surface area contributed by atoms with Crippen molar-refractivity contribution in [1.29, 1.82) is 0 Å². The molecule has 0 heterocycles. The van der Waals surface area contributed by atoms with Crippen LogP contribution in [0.25, 0.3) is 23.3 Å². The summed E-state index contributed by atoms with van der Waals surface area (Å²) in [5.74, 6) is 0.557. The third-order valence-corrected chi connectivity index (χ3v) is 10.0. The topological polar surface area (TPSA) is 6.48 Å². The van der Waals surface area contributed by atoms with Crippen molar-refractivity contribution in [1.82, 2.24) is 0 Å². The minimum atomic E-state index is -0.174. The molecular formula is C54H64N2. The van der Waals surface area contributed by atoms with Gasteiger partial charge in [-0.15, -0.1) is 0 Å². The van der Waals surface area contributed by atoms with Crippen LogP contribution in [0.3, 0.4) is 0 Å². The molecule has 0 aromatic heterocycles. The molecule has 1 aliphatic carbocycles. The van der Waals surface area contributed by atoms with E-state index in [4.69, 9.17) is 0 Å². The Bertz CT molecular complexity index is 2110. The van der Waals surface area contributed by atoms with E-state index in [1.807, 2.05) is 13.0 Å². The molecule has 0 unspecified atom stereocenters. The molecule has 0 atom stereocenters. The first kappa shape index (κ1) is 43.1. The van der Waals surface area contributed by atoms with Crippen molar-refractivity contribution in [3.63, 3.8) is 0 Å². The molecule has 4 rings (SSSR count). The summed E-state index contributed by atoms with van der Waals surface area (Å²) in [5.41, 5.74) is 14.1. The maximum atomic E-state index is 4.24. The zero-order valence-electron chi connectivity index (χ0n) is 35.7. The third kappa shape index (κ3) is 10.4. The van der Waals surface area contributed by atoms with Gasteiger partial charge in [0.2, 0.25) is 0 Å². The Morgan fingerprint density at radius 1 is 0.643 bits per heavy atom. The smallest absolute Gasteiger partial charge is 0.0464 e. The Hall–Kier alpha value is -5.60. The van der Waals surface area contributed by atoms with Gasteiger partial charge in [0.05, 0.1) is 0 Å². The number of hydrogen-bond acceptors (Lipinski definition) is 2. The lowest BCUT2D eigenvalue weighted by Gasteiger charge is -2.29. The van der Waals surface area contributed by atoms with Crippen LogP contribution in [0.15, 0.2) is 181 Å². The minimum Gasteiger partial charge on any atom is -0.311 e. The van der Waals surface area contributed by atoms with E-state index in [1.165, 1.54) is 27.8 Å². The molecule has 0 amide bonds. The summed E-state index contributed by atoms with van der Waals surface area (Å²) in [6.07, 6.45) is 38.5. The maximum absolute atomic E-state index is 4.24. The molecule has 0 aliphatic heterocycles. The van der Waals surface area contributed by atoms with Gasteiger partial charge in [-0.1, -0.05) is 144 Å². The zero-order valence-corrected chi connectivity index (χ0v) is 35.7. The lowest BCUT2D eigenvalue weighted by atomic mass is 9.81. The van der Waals surface area contributed by atoms with Crippen molar-refractivity contribution in [2.45, 2.75) is 87.5 Å². The fraction of sp³-hybridized carbons (Fsp3) is 0.259. The lowest BCUT2D eigenvalue weighted by Crippen LogP contribution is -2.21. The van der Waals surface area contributed by atoms with Crippen LogP contribution in [0, 0.1) is 5.92 Å². The lowest BCUT2D eigenvalue weighted by molar-refractivity contribution is 0.659. The monoisotopic (exact) mass is 741 g/mol. The second-order valence-corrected chi connectivity index (χ2v) is 15.0. The van der Waals surface area contributed by atoms with Crippen LogP contribution in [0.2, 0.25) is 0 Å². The first-order chi connectivity index (χ1) is 27.1. The predicted octanol–water partition coefficient (Wildman–Crippen LogP) is 15.8. The first-order valence-corrected chi connectivity index (χ1v) is 20.3. The van der Waals surface area contributed by atoms with Gasteiger partial charge in [0.25, 0.3) is 0 Å². The summed E-state index contributed by atoms with van der Waals surface area (Å²) in [5, 5.41) is 0. The van der Waals surface area contributed by atoms with E-state index in [1.54, 1.807) is 0 Å². The predicted molar refractivity (Wildman–Crippen MR) is 251 cm³/mol. The van der Waals surface area contributed by atoms with Crippen LogP contribution in [0.1, 0.15) is 104 Å². The SMILES string of the molecule is C=C/C(=C\C=C/CC)N(C(/C=C\C)=C/CC(C)C)c1ccc2c(c1)C(C)(C)c1cc(/C=C/c3ccc(N(C(/C=C\C)=C/C)C(/C=C\C)=C/C=C\C)cc3)ccc1-2. The summed E-state index contributed by atoms with van der Waals surface area (Å²) in [7, 11) is 0. The molecule has 1 aliphatic rings. The molecule has 0 fully saturated rings. The maximum Gasteiger partial charge on any atom is 0.0464 e. The van der Waals surface area contributed by atoms with Crippen molar-refractivity contribution in [2.75, 3.05) is 9.80 Å². The van der Waals surface area contributed by atoms with Gasteiger partial charge in [-0.25, -0.2) is 0 Å². The van der Waals surface area contributed by atoms with Gasteiger partial charge in [-0.3, -0.25) is 0 Å². The van der Waals surface area contributed by atoms with Crippen LogP contribution in [0.4, 0.5) is 11.4 Å². The summed E-state index contributed by atoms with van der Waals surface area (Å²) >= 11 is 0. The normalized spacial score (nSPS) is 15.1. The van der Waals surface area contributed by atoms with E-state index in [0.29, 0.717) is 5.92 Å². The Balaban J connectivity index is 1.71. The van der Waals surface area contributed by atoms with Gasteiger partial charge in [-0.05, 0) is 147 Å². The van der Waals surface area contributed by atoms with E-state index < -0.39 is 0 Å². The average Bonchev–Trinajstić information content (AvgIpc) is 3.42. The number of fused-ring (bicyclic) bond motifs is 3. The van der Waals surface area contributed by atoms with Crippen molar-refractivity contribution < 1.29 is 0 Å². The number of benzene rings is 3. The Labute approximate surface area is 340 Å². The van der Waals surface area contributed by atoms with E-state index in [-0.39, 0.29) is 5.41 Å². The van der Waals surface area contributed by atoms with E-state index in [2.05, 4.69) is 237 Å². The Kier molecular flexibility index (Phi) is 16.1. The highest BCUT2D eigenvalue weighted by Gasteiger charge is 2.36. The highest BCUT2D eigenvalue weighted by molar-refractivity contribution is 5.85. The fourth-order valence-electron chi connectivity index (χ4n) is 7.15. The van der Waals surface area contributed by atoms with Crippen molar-refractivity contribution in [2.24, 2.45) is 5.92 Å². The molecule has 2 heteroatoms. The van der Waals surface area contributed by atoms with Gasteiger partial charge >= 0.3 is 0 Å². The van der Waals surface area contributed by atoms with Gasteiger partial charge in [0.15, 0.2) is 0 Å². The minimum absolute atomic E-state index is 0.174. The van der Waals surface area contributed by atoms with E-state index in [0.717, 1.165) is 52.6 Å². The summed E-state index contributed by atoms with van der Waals surface area (Å²) in [6, 6.07) is 22.7. The van der Waals surface area contributed by atoms with Crippen LogP contribution in [0.5, 0.6) is 0 Å². The summed E-state index contributed by atoms with van der Waals surface area (Å²) in [6.45, 7) is 26.0. The summed E-state index contributed by atoms with van der Waals surface area (Å²) < 4.78 is 0. The molecule has 0 saturated carbocycles. The second-order valence-electron chi connectivity index (χ2n) is 15.0. The molecule has 3 aromatic rings. The Morgan fingerprint density at radius 3 is 1.80 bits per heavy atom. The highest BCUT2D eigenvalue weighted by atomic mass is 15.2. The number of rotatable bonds is 17.